The molecule has 0 aromatic heterocycles. The highest BCUT2D eigenvalue weighted by molar-refractivity contribution is 6.23. The van der Waals surface area contributed by atoms with Crippen LogP contribution in [0.1, 0.15) is 11.1 Å². The SMILES string of the molecule is COc1ccc(C(=C2[C@H]3C=C[C@H]2[C@H]2C(=O)N(c4ccc(N=Nc5ccccc5)cc4)C(=O)[C@H]23)c2ccc(OC)cc2)cc1. The summed E-state index contributed by atoms with van der Waals surface area (Å²) in [5.41, 5.74) is 6.12. The number of hydrogen-bond acceptors (Lipinski definition) is 6. The molecule has 4 aromatic carbocycles. The summed E-state index contributed by atoms with van der Waals surface area (Å²) < 4.78 is 10.8. The van der Waals surface area contributed by atoms with Crippen LogP contribution >= 0.6 is 0 Å². The molecule has 0 unspecified atom stereocenters. The van der Waals surface area contributed by atoms with Gasteiger partial charge < -0.3 is 9.47 Å². The van der Waals surface area contributed by atoms with E-state index in [0.717, 1.165) is 39.5 Å². The largest absolute Gasteiger partial charge is 0.497 e. The van der Waals surface area contributed by atoms with E-state index in [-0.39, 0.29) is 23.7 Å². The number of methoxy groups -OCH3 is 2. The van der Waals surface area contributed by atoms with E-state index in [0.29, 0.717) is 11.4 Å². The molecule has 1 saturated heterocycles. The zero-order valence-corrected chi connectivity index (χ0v) is 23.8. The van der Waals surface area contributed by atoms with E-state index in [2.05, 4.69) is 22.4 Å². The predicted octanol–water partition coefficient (Wildman–Crippen LogP) is 7.54. The second kappa shape index (κ2) is 10.8. The van der Waals surface area contributed by atoms with Crippen LogP contribution in [0.2, 0.25) is 0 Å². The quantitative estimate of drug-likeness (QED) is 0.131. The third kappa shape index (κ3) is 4.54. The van der Waals surface area contributed by atoms with Gasteiger partial charge in [0.1, 0.15) is 11.5 Å². The monoisotopic (exact) mass is 567 g/mol. The lowest BCUT2D eigenvalue weighted by Crippen LogP contribution is -2.33. The van der Waals surface area contributed by atoms with Gasteiger partial charge in [-0.1, -0.05) is 54.6 Å². The summed E-state index contributed by atoms with van der Waals surface area (Å²) in [5.74, 6) is -0.0210. The maximum atomic E-state index is 14.0. The number of fused-ring (bicyclic) bond motifs is 5. The average molecular weight is 568 g/mol. The summed E-state index contributed by atoms with van der Waals surface area (Å²) in [6.07, 6.45) is 4.21. The van der Waals surface area contributed by atoms with Gasteiger partial charge in [0.25, 0.3) is 0 Å². The normalized spacial score (nSPS) is 22.0. The second-order valence-corrected chi connectivity index (χ2v) is 10.8. The van der Waals surface area contributed by atoms with E-state index in [1.54, 1.807) is 38.5 Å². The molecular formula is C36H29N3O4. The van der Waals surface area contributed by atoms with E-state index in [9.17, 15) is 9.59 Å². The molecule has 2 amide bonds. The molecule has 212 valence electrons. The standard InChI is InChI=1S/C36H29N3O4/c1-42-27-16-8-22(9-17-27)31(23-10-18-28(43-2)19-11-23)32-29-20-21-30(32)34-33(29)35(40)39(36(34)41)26-14-12-25(13-15-26)38-37-24-6-4-3-5-7-24/h3-21,29-30,33-34H,1-2H3/t29-,30-,33-,34+/m1/s1. The molecule has 2 aliphatic carbocycles. The maximum absolute atomic E-state index is 14.0. The fourth-order valence-electron chi connectivity index (χ4n) is 6.64. The number of amides is 2. The molecule has 1 heterocycles. The Balaban J connectivity index is 1.22. The van der Waals surface area contributed by atoms with Crippen LogP contribution in [0.15, 0.2) is 131 Å². The van der Waals surface area contributed by atoms with E-state index < -0.39 is 11.8 Å². The van der Waals surface area contributed by atoms with Crippen molar-refractivity contribution in [3.05, 3.63) is 132 Å². The van der Waals surface area contributed by atoms with Crippen LogP contribution in [0.4, 0.5) is 17.1 Å². The maximum Gasteiger partial charge on any atom is 0.238 e. The first-order chi connectivity index (χ1) is 21.1. The van der Waals surface area contributed by atoms with Crippen molar-refractivity contribution in [1.82, 2.24) is 0 Å². The predicted molar refractivity (Wildman–Crippen MR) is 165 cm³/mol. The van der Waals surface area contributed by atoms with Crippen LogP contribution in [0.3, 0.4) is 0 Å². The van der Waals surface area contributed by atoms with E-state index in [1.807, 2.05) is 78.9 Å². The molecule has 3 aliphatic rings. The zero-order valence-electron chi connectivity index (χ0n) is 23.8. The number of azo groups is 1. The Labute approximate surface area is 249 Å². The van der Waals surface area contributed by atoms with Crippen molar-refractivity contribution >= 4 is 34.4 Å². The summed E-state index contributed by atoms with van der Waals surface area (Å²) in [6, 6.07) is 32.4. The third-order valence-corrected chi connectivity index (χ3v) is 8.61. The zero-order chi connectivity index (χ0) is 29.5. The highest BCUT2D eigenvalue weighted by Gasteiger charge is 2.62. The molecule has 4 aromatic rings. The van der Waals surface area contributed by atoms with Crippen LogP contribution < -0.4 is 14.4 Å². The lowest BCUT2D eigenvalue weighted by Gasteiger charge is -2.22. The van der Waals surface area contributed by atoms with Crippen molar-refractivity contribution in [2.45, 2.75) is 0 Å². The molecule has 2 fully saturated rings. The Morgan fingerprint density at radius 2 is 1.07 bits per heavy atom. The van der Waals surface area contributed by atoms with Crippen LogP contribution in [0.25, 0.3) is 5.57 Å². The van der Waals surface area contributed by atoms with Crippen LogP contribution in [-0.2, 0) is 9.59 Å². The number of hydrogen-bond donors (Lipinski definition) is 0. The number of allylic oxidation sites excluding steroid dienone is 3. The van der Waals surface area contributed by atoms with E-state index >= 15 is 0 Å². The van der Waals surface area contributed by atoms with Crippen molar-refractivity contribution in [2.24, 2.45) is 33.9 Å². The highest BCUT2D eigenvalue weighted by Crippen LogP contribution is 2.59. The van der Waals surface area contributed by atoms with Gasteiger partial charge in [0.2, 0.25) is 11.8 Å². The third-order valence-electron chi connectivity index (χ3n) is 8.61. The molecule has 7 nitrogen and oxygen atoms in total. The van der Waals surface area contributed by atoms with Crippen molar-refractivity contribution in [2.75, 3.05) is 19.1 Å². The van der Waals surface area contributed by atoms with Crippen molar-refractivity contribution in [3.63, 3.8) is 0 Å². The molecule has 0 spiro atoms. The Morgan fingerprint density at radius 3 is 1.53 bits per heavy atom. The topological polar surface area (TPSA) is 80.6 Å². The van der Waals surface area contributed by atoms with Crippen LogP contribution in [0.5, 0.6) is 11.5 Å². The van der Waals surface area contributed by atoms with Gasteiger partial charge in [-0.2, -0.15) is 10.2 Å². The molecule has 1 aliphatic heterocycles. The molecule has 4 atom stereocenters. The number of ether oxygens (including phenoxy) is 2. The van der Waals surface area contributed by atoms with Gasteiger partial charge in [0, 0.05) is 11.8 Å². The van der Waals surface area contributed by atoms with Gasteiger partial charge in [-0.25, -0.2) is 4.90 Å². The smallest absolute Gasteiger partial charge is 0.238 e. The Kier molecular flexibility index (Phi) is 6.70. The number of carbonyl (C=O) groups excluding carboxylic acids is 2. The number of nitrogens with zero attached hydrogens (tertiary/aromatic N) is 3. The summed E-state index contributed by atoms with van der Waals surface area (Å²) in [5, 5.41) is 8.54. The van der Waals surface area contributed by atoms with Crippen molar-refractivity contribution in [3.8, 4) is 11.5 Å². The van der Waals surface area contributed by atoms with Gasteiger partial charge >= 0.3 is 0 Å². The molecule has 2 bridgehead atoms. The van der Waals surface area contributed by atoms with Gasteiger partial charge in [-0.05, 0) is 82.9 Å². The lowest BCUT2D eigenvalue weighted by molar-refractivity contribution is -0.122. The fourth-order valence-corrected chi connectivity index (χ4v) is 6.64. The van der Waals surface area contributed by atoms with Gasteiger partial charge in [0.05, 0.1) is 43.1 Å². The first-order valence-electron chi connectivity index (χ1n) is 14.2. The van der Waals surface area contributed by atoms with Gasteiger partial charge in [0.15, 0.2) is 0 Å². The van der Waals surface area contributed by atoms with Crippen LogP contribution in [-0.4, -0.2) is 26.0 Å². The molecule has 1 saturated carbocycles. The minimum Gasteiger partial charge on any atom is -0.497 e. The van der Waals surface area contributed by atoms with E-state index in [1.165, 1.54) is 4.90 Å². The molecule has 7 heteroatoms. The summed E-state index contributed by atoms with van der Waals surface area (Å²) >= 11 is 0. The van der Waals surface area contributed by atoms with E-state index in [4.69, 9.17) is 9.47 Å². The first kappa shape index (κ1) is 26.6. The minimum absolute atomic E-state index is 0.160. The lowest BCUT2D eigenvalue weighted by atomic mass is 9.85. The molecular weight excluding hydrogens is 538 g/mol. The summed E-state index contributed by atoms with van der Waals surface area (Å²) in [4.78, 5) is 29.3. The molecule has 0 N–H and O–H groups in total. The summed E-state index contributed by atoms with van der Waals surface area (Å²) in [6.45, 7) is 0. The number of carbonyl (C=O) groups is 2. The first-order valence-corrected chi connectivity index (χ1v) is 14.2. The number of benzene rings is 4. The average Bonchev–Trinajstić information content (AvgIpc) is 3.70. The second-order valence-electron chi connectivity index (χ2n) is 10.8. The number of rotatable bonds is 7. The minimum atomic E-state index is -0.443. The van der Waals surface area contributed by atoms with Crippen molar-refractivity contribution in [1.29, 1.82) is 0 Å². The molecule has 0 radical (unpaired) electrons. The Hall–Kier alpha value is -5.30. The van der Waals surface area contributed by atoms with Gasteiger partial charge in [-0.3, -0.25) is 9.59 Å². The molecule has 43 heavy (non-hydrogen) atoms. The number of imide groups is 1. The molecule has 7 rings (SSSR count). The van der Waals surface area contributed by atoms with Gasteiger partial charge in [-0.15, -0.1) is 0 Å². The fraction of sp³-hybridized carbons (Fsp3) is 0.167. The van der Waals surface area contributed by atoms with Crippen LogP contribution in [0, 0.1) is 23.7 Å². The Bertz CT molecular complexity index is 1690. The number of anilines is 1. The summed E-state index contributed by atoms with van der Waals surface area (Å²) in [7, 11) is 3.29. The van der Waals surface area contributed by atoms with Crippen molar-refractivity contribution < 1.29 is 19.1 Å². The highest BCUT2D eigenvalue weighted by atomic mass is 16.5. The Morgan fingerprint density at radius 1 is 0.605 bits per heavy atom.